The fourth-order valence-corrected chi connectivity index (χ4v) is 13.3. The minimum absolute atomic E-state index is 0. The van der Waals surface area contributed by atoms with Gasteiger partial charge in [-0.05, 0) is 19.9 Å². The molecule has 4 aliphatic rings. The molecular weight excluding hydrogens is 1390 g/mol. The molecule has 50 heteroatoms. The van der Waals surface area contributed by atoms with Crippen molar-refractivity contribution in [2.24, 2.45) is 0 Å². The number of aryl methyl sites for hydroxylation is 2. The van der Waals surface area contributed by atoms with E-state index in [9.17, 15) is 71.7 Å². The van der Waals surface area contributed by atoms with Crippen LogP contribution in [-0.4, -0.2) is 160 Å². The average Bonchev–Trinajstić information content (AvgIpc) is 1.65. The van der Waals surface area contributed by atoms with E-state index in [-0.39, 0.29) is 156 Å². The number of imidazole rings is 1. The molecule has 0 spiro atoms. The summed E-state index contributed by atoms with van der Waals surface area (Å²) in [5.41, 5.74) is -1.95. The van der Waals surface area contributed by atoms with E-state index in [1.165, 1.54) is 27.7 Å². The van der Waals surface area contributed by atoms with E-state index in [0.29, 0.717) is 15.3 Å². The summed E-state index contributed by atoms with van der Waals surface area (Å²) >= 11 is 0. The Morgan fingerprint density at radius 1 is 0.667 bits per heavy atom. The van der Waals surface area contributed by atoms with Crippen molar-refractivity contribution in [1.29, 1.82) is 0 Å². The van der Waals surface area contributed by atoms with Crippen LogP contribution in [0.4, 0.5) is 24.0 Å². The third-order valence-corrected chi connectivity index (χ3v) is 18.6. The zero-order valence-electron chi connectivity index (χ0n) is 50.4. The van der Waals surface area contributed by atoms with Crippen LogP contribution >= 0.6 is 31.1 Å². The second-order valence-corrected chi connectivity index (χ2v) is 26.5. The van der Waals surface area contributed by atoms with Crippen LogP contribution in [0.2, 0.25) is 0 Å². The number of hydrogen-bond acceptors (Lipinski definition) is 31. The molecule has 93 heavy (non-hydrogen) atoms. The first kappa shape index (κ1) is 85.6. The third kappa shape index (κ3) is 19.7. The second-order valence-electron chi connectivity index (χ2n) is 20.1. The summed E-state index contributed by atoms with van der Waals surface area (Å²) in [7, 11) is -21.7. The SMILES string of the molecule is COC1C(OP(=O)([O-])OC2CC(n3cc(C)c(=O)[nH]c3=O)OC2CO)C(COP(=O)([O-])OC2C(COP(=O)([O-])OC3C(COP(=O)([O-])C(C)C)OC(n4ccc(N)nc4=O)C3F)OC(n3ccc(=O)[nH]c3=O)C2F)OC1n1cnc2c(=O)[nH]c(C)nc21.F.F.[Na+].[Na+].[Na+].[Na+]. The topological polar surface area (TPSA) is 526 Å². The van der Waals surface area contributed by atoms with E-state index in [2.05, 4.69) is 24.9 Å². The molecule has 4 fully saturated rings. The van der Waals surface area contributed by atoms with Crippen molar-refractivity contribution in [3.63, 3.8) is 0 Å². The molecule has 0 aromatic carbocycles. The molecule has 0 bridgehead atoms. The van der Waals surface area contributed by atoms with Crippen molar-refractivity contribution in [2.75, 3.05) is 39.3 Å². The van der Waals surface area contributed by atoms with Gasteiger partial charge in [-0.15, -0.1) is 0 Å². The zero-order chi connectivity index (χ0) is 63.4. The maximum atomic E-state index is 16.8. The van der Waals surface area contributed by atoms with Crippen molar-refractivity contribution in [3.8, 4) is 0 Å². The Hall–Kier alpha value is -1.65. The van der Waals surface area contributed by atoms with Gasteiger partial charge in [0.1, 0.15) is 74.3 Å². The van der Waals surface area contributed by atoms with Crippen LogP contribution in [0.25, 0.3) is 11.2 Å². The van der Waals surface area contributed by atoms with Gasteiger partial charge in [-0.2, -0.15) is 4.98 Å². The summed E-state index contributed by atoms with van der Waals surface area (Å²) in [6.07, 6.45) is -27.5. The number of nitrogens with zero attached hydrogens (tertiary/aromatic N) is 7. The first-order valence-corrected chi connectivity index (χ1v) is 31.7. The maximum absolute atomic E-state index is 16.8. The number of phosphoric acid groups is 3. The molecule has 6 N–H and O–H groups in total. The third-order valence-electron chi connectivity index (χ3n) is 13.8. The molecule has 19 atom stereocenters. The number of hydrogen-bond donors (Lipinski definition) is 5. The molecule has 0 aliphatic carbocycles. The first-order chi connectivity index (χ1) is 40.8. The van der Waals surface area contributed by atoms with Crippen molar-refractivity contribution >= 4 is 48.0 Å². The predicted octanol–water partition coefficient (Wildman–Crippen LogP) is -15.4. The van der Waals surface area contributed by atoms with E-state index in [1.54, 1.807) is 0 Å². The number of rotatable bonds is 24. The van der Waals surface area contributed by atoms with Crippen LogP contribution in [-0.2, 0) is 73.6 Å². The molecule has 5 aromatic heterocycles. The molecule has 19 unspecified atom stereocenters. The Balaban J connectivity index is 0.00000376. The van der Waals surface area contributed by atoms with Gasteiger partial charge in [0.05, 0.1) is 38.9 Å². The van der Waals surface area contributed by atoms with Crippen LogP contribution < -0.4 is 177 Å². The van der Waals surface area contributed by atoms with Gasteiger partial charge in [-0.1, -0.05) is 13.8 Å². The van der Waals surface area contributed by atoms with E-state index in [0.717, 1.165) is 47.1 Å². The largest absolute Gasteiger partial charge is 1.00 e. The van der Waals surface area contributed by atoms with Crippen LogP contribution in [0.15, 0.2) is 65.8 Å². The molecule has 38 nitrogen and oxygen atoms in total. The summed E-state index contributed by atoms with van der Waals surface area (Å²) in [6.45, 7) is 0.376. The second kappa shape index (κ2) is 34.6. The van der Waals surface area contributed by atoms with Gasteiger partial charge in [-0.3, -0.25) is 65.7 Å². The van der Waals surface area contributed by atoms with E-state index < -0.39 is 196 Å². The number of phosphoric ester groups is 3. The number of alkyl halides is 2. The molecule has 0 amide bonds. The van der Waals surface area contributed by atoms with Gasteiger partial charge < -0.3 is 95.3 Å². The number of nitrogen functional groups attached to an aromatic ring is 1. The van der Waals surface area contributed by atoms with Gasteiger partial charge in [0, 0.05) is 49.4 Å². The molecule has 4 saturated heterocycles. The Morgan fingerprint density at radius 3 is 1.74 bits per heavy atom. The Labute approximate surface area is 607 Å². The molecule has 496 valence electrons. The van der Waals surface area contributed by atoms with E-state index in [4.69, 9.17) is 61.1 Å². The number of fused-ring (bicyclic) bond motifs is 1. The Morgan fingerprint density at radius 2 is 1.19 bits per heavy atom. The average molecular weight is 1450 g/mol. The molecule has 9 heterocycles. The molecule has 0 radical (unpaired) electrons. The molecule has 9 rings (SSSR count). The fraction of sp³-hybridized carbons (Fsp3) is 0.605. The van der Waals surface area contributed by atoms with Gasteiger partial charge in [0.2, 0.25) is 0 Å². The summed E-state index contributed by atoms with van der Waals surface area (Å²) < 4.78 is 155. The van der Waals surface area contributed by atoms with Crippen LogP contribution in [0.1, 0.15) is 56.6 Å². The van der Waals surface area contributed by atoms with Gasteiger partial charge >= 0.3 is 135 Å². The van der Waals surface area contributed by atoms with Crippen LogP contribution in [0.5, 0.6) is 0 Å². The van der Waals surface area contributed by atoms with Crippen molar-refractivity contribution in [2.45, 2.75) is 132 Å². The van der Waals surface area contributed by atoms with E-state index >= 15 is 8.78 Å². The van der Waals surface area contributed by atoms with Crippen molar-refractivity contribution in [1.82, 2.24) is 48.2 Å². The number of ether oxygens (including phenoxy) is 5. The summed E-state index contributed by atoms with van der Waals surface area (Å²) in [6, 6.07) is 1.77. The van der Waals surface area contributed by atoms with Crippen molar-refractivity contribution in [3.05, 3.63) is 111 Å². The number of nitrogens with two attached hydrogens (primary N) is 1. The summed E-state index contributed by atoms with van der Waals surface area (Å²) in [5, 5.41) is 10.2. The summed E-state index contributed by atoms with van der Waals surface area (Å²) in [5.74, 6) is -0.252. The van der Waals surface area contributed by atoms with Gasteiger partial charge in [-0.25, -0.2) is 33.1 Å². The monoisotopic (exact) mass is 1450 g/mol. The normalized spacial score (nSPS) is 29.2. The van der Waals surface area contributed by atoms with Crippen LogP contribution in [0.3, 0.4) is 0 Å². The first-order valence-electron chi connectivity index (χ1n) is 25.7. The predicted molar refractivity (Wildman–Crippen MR) is 279 cm³/mol. The summed E-state index contributed by atoms with van der Waals surface area (Å²) in [4.78, 5) is 147. The zero-order valence-corrected chi connectivity index (χ0v) is 61.9. The molecule has 4 aliphatic heterocycles. The maximum Gasteiger partial charge on any atom is 1.00 e. The van der Waals surface area contributed by atoms with Crippen molar-refractivity contribution < 1.29 is 235 Å². The van der Waals surface area contributed by atoms with Gasteiger partial charge in [0.25, 0.3) is 40.1 Å². The molecular formula is C43H55F4N11Na4O27P4. The fourth-order valence-electron chi connectivity index (χ4n) is 9.57. The standard InChI is InChI=1S/C43H57F2N11O27P4.2FH.4Na/c1-17(2)84(64,65)73-13-22-31(28(44)38(77-22)53-8-6-25(46)50-41(53)61)81-85(66,67)74-14-23-32(29(45)39(78-23)54-9-7-26(58)51-42(54)62)82-86(68,69)75-15-24-33(34(72-5)40(79-24)56-16-47-30-35(56)48-19(4)49-37(30)60)83-87(70,71)80-20-10-27(76-21(20)12-57)55-11-18(3)36(59)52-43(55)63;;;;;;/h6-9,11,16-17,20-24,27-29,31-34,38-40,57H,10,12-15H2,1-5H3,(H,64,65)(H,66,67)(H,68,69)(H,70,71)(H2,46,50,61)(H,48,49,60)(H,51,58,62)(H,52,59,63);2*1H;;;;/q;;;4*+1/p-4. The number of anilines is 1. The quantitative estimate of drug-likeness (QED) is 0.0218. The van der Waals surface area contributed by atoms with Crippen LogP contribution in [0, 0.1) is 13.8 Å². The molecule has 5 aromatic rings. The number of nitrogens with one attached hydrogen (secondary N) is 3. The number of halogens is 4. The number of aromatic nitrogens is 10. The molecule has 0 saturated carbocycles. The smallest absolute Gasteiger partial charge is 0.778 e. The number of H-pyrrole nitrogens is 3. The number of aromatic amines is 3. The minimum atomic E-state index is -6.15. The number of aliphatic hydroxyl groups is 1. The number of aliphatic hydroxyl groups excluding tert-OH is 1. The Kier molecular flexibility index (Phi) is 31.9. The Bertz CT molecular complexity index is 3970. The van der Waals surface area contributed by atoms with Gasteiger partial charge in [0.15, 0.2) is 42.2 Å². The number of methoxy groups -OCH3 is 1. The minimum Gasteiger partial charge on any atom is -0.778 e. The van der Waals surface area contributed by atoms with E-state index in [1.807, 2.05) is 4.98 Å².